The fraction of sp³-hybridized carbons (Fsp3) is 0.350. The van der Waals surface area contributed by atoms with Gasteiger partial charge in [0.1, 0.15) is 0 Å². The van der Waals surface area contributed by atoms with Gasteiger partial charge in [-0.05, 0) is 35.2 Å². The Kier molecular flexibility index (Phi) is 5.47. The summed E-state index contributed by atoms with van der Waals surface area (Å²) in [5.74, 6) is -0.264. The molecule has 0 N–H and O–H groups in total. The SMILES string of the molecule is CN(C(=O)c1ccccc1N(C)S(C)(=O)=O)c1ccc(C(C)(C)C)cc1. The van der Waals surface area contributed by atoms with Crippen molar-refractivity contribution in [3.63, 3.8) is 0 Å². The quantitative estimate of drug-likeness (QED) is 0.821. The van der Waals surface area contributed by atoms with Gasteiger partial charge in [0, 0.05) is 19.8 Å². The summed E-state index contributed by atoms with van der Waals surface area (Å²) in [4.78, 5) is 14.5. The van der Waals surface area contributed by atoms with E-state index in [0.29, 0.717) is 11.3 Å². The average molecular weight is 375 g/mol. The topological polar surface area (TPSA) is 57.7 Å². The standard InChI is InChI=1S/C20H26N2O3S/c1-20(2,3)15-11-13-16(14-12-15)21(4)19(23)17-9-7-8-10-18(17)22(5)26(6,24)25/h7-14H,1-6H3. The predicted molar refractivity (Wildman–Crippen MR) is 108 cm³/mol. The van der Waals surface area contributed by atoms with Crippen LogP contribution in [0, 0.1) is 0 Å². The highest BCUT2D eigenvalue weighted by Crippen LogP contribution is 2.27. The number of hydrogen-bond donors (Lipinski definition) is 0. The van der Waals surface area contributed by atoms with Crippen molar-refractivity contribution in [3.05, 3.63) is 59.7 Å². The average Bonchev–Trinajstić information content (AvgIpc) is 2.58. The second kappa shape index (κ2) is 7.11. The van der Waals surface area contributed by atoms with Crippen LogP contribution in [0.15, 0.2) is 48.5 Å². The first kappa shape index (κ1) is 20.0. The van der Waals surface area contributed by atoms with Crippen LogP contribution in [0.2, 0.25) is 0 Å². The summed E-state index contributed by atoms with van der Waals surface area (Å²) in [7, 11) is -0.331. The largest absolute Gasteiger partial charge is 0.311 e. The highest BCUT2D eigenvalue weighted by atomic mass is 32.2. The molecule has 0 aliphatic rings. The van der Waals surface area contributed by atoms with Gasteiger partial charge >= 0.3 is 0 Å². The van der Waals surface area contributed by atoms with Crippen LogP contribution in [0.1, 0.15) is 36.7 Å². The van der Waals surface area contributed by atoms with Gasteiger partial charge in [-0.1, -0.05) is 45.0 Å². The molecule has 0 radical (unpaired) electrons. The van der Waals surface area contributed by atoms with E-state index in [9.17, 15) is 13.2 Å². The number of para-hydroxylation sites is 1. The highest BCUT2D eigenvalue weighted by molar-refractivity contribution is 7.92. The van der Waals surface area contributed by atoms with Crippen molar-refractivity contribution >= 4 is 27.3 Å². The summed E-state index contributed by atoms with van der Waals surface area (Å²) in [5, 5.41) is 0. The van der Waals surface area contributed by atoms with Gasteiger partial charge in [-0.3, -0.25) is 9.10 Å². The Bertz CT molecular complexity index is 897. The zero-order chi connectivity index (χ0) is 19.7. The summed E-state index contributed by atoms with van der Waals surface area (Å²) >= 11 is 0. The molecule has 5 nitrogen and oxygen atoms in total. The first-order valence-electron chi connectivity index (χ1n) is 8.34. The minimum atomic E-state index is -3.46. The summed E-state index contributed by atoms with van der Waals surface area (Å²) < 4.78 is 24.9. The van der Waals surface area contributed by atoms with E-state index in [1.54, 1.807) is 31.3 Å². The fourth-order valence-corrected chi connectivity index (χ4v) is 3.11. The second-order valence-electron chi connectivity index (χ2n) is 7.41. The number of hydrogen-bond acceptors (Lipinski definition) is 3. The molecule has 0 aliphatic heterocycles. The third-order valence-corrected chi connectivity index (χ3v) is 5.59. The van der Waals surface area contributed by atoms with E-state index in [4.69, 9.17) is 0 Å². The van der Waals surface area contributed by atoms with Crippen LogP contribution < -0.4 is 9.21 Å². The van der Waals surface area contributed by atoms with Crippen molar-refractivity contribution in [2.24, 2.45) is 0 Å². The Morgan fingerprint density at radius 2 is 1.46 bits per heavy atom. The van der Waals surface area contributed by atoms with Crippen molar-refractivity contribution in [2.75, 3.05) is 29.6 Å². The molecule has 0 spiro atoms. The van der Waals surface area contributed by atoms with Crippen LogP contribution in [-0.2, 0) is 15.4 Å². The summed E-state index contributed by atoms with van der Waals surface area (Å²) in [5.41, 5.74) is 2.66. The van der Waals surface area contributed by atoms with E-state index in [2.05, 4.69) is 20.8 Å². The molecule has 0 heterocycles. The molecule has 6 heteroatoms. The maximum absolute atomic E-state index is 13.0. The first-order valence-corrected chi connectivity index (χ1v) is 10.2. The summed E-state index contributed by atoms with van der Waals surface area (Å²) in [6.07, 6.45) is 1.11. The van der Waals surface area contributed by atoms with Gasteiger partial charge in [0.2, 0.25) is 10.0 Å². The molecule has 1 amide bonds. The number of nitrogens with zero attached hydrogens (tertiary/aromatic N) is 2. The Morgan fingerprint density at radius 3 is 1.96 bits per heavy atom. The molecule has 2 rings (SSSR count). The molecule has 2 aromatic carbocycles. The van der Waals surface area contributed by atoms with Gasteiger partial charge in [-0.25, -0.2) is 8.42 Å². The zero-order valence-corrected chi connectivity index (χ0v) is 17.0. The number of benzene rings is 2. The van der Waals surface area contributed by atoms with Gasteiger partial charge in [0.05, 0.1) is 17.5 Å². The Balaban J connectivity index is 2.38. The molecule has 0 unspecified atom stereocenters. The number of sulfonamides is 1. The van der Waals surface area contributed by atoms with Crippen LogP contribution in [0.25, 0.3) is 0 Å². The van der Waals surface area contributed by atoms with Crippen molar-refractivity contribution in [3.8, 4) is 0 Å². The normalized spacial score (nSPS) is 11.9. The number of amides is 1. The van der Waals surface area contributed by atoms with Crippen molar-refractivity contribution in [1.29, 1.82) is 0 Å². The number of anilines is 2. The molecule has 0 bridgehead atoms. The lowest BCUT2D eigenvalue weighted by atomic mass is 9.87. The Labute approximate surface area is 156 Å². The second-order valence-corrected chi connectivity index (χ2v) is 9.42. The van der Waals surface area contributed by atoms with Crippen LogP contribution in [0.5, 0.6) is 0 Å². The Hall–Kier alpha value is -2.34. The molecule has 0 saturated carbocycles. The lowest BCUT2D eigenvalue weighted by molar-refractivity contribution is 0.0993. The highest BCUT2D eigenvalue weighted by Gasteiger charge is 2.22. The molecule has 26 heavy (non-hydrogen) atoms. The van der Waals surface area contributed by atoms with E-state index in [-0.39, 0.29) is 11.3 Å². The Morgan fingerprint density at radius 1 is 0.923 bits per heavy atom. The van der Waals surface area contributed by atoms with Gasteiger partial charge in [-0.2, -0.15) is 0 Å². The third-order valence-electron chi connectivity index (χ3n) is 4.40. The first-order chi connectivity index (χ1) is 11.9. The van der Waals surface area contributed by atoms with E-state index in [1.165, 1.54) is 17.5 Å². The summed E-state index contributed by atoms with van der Waals surface area (Å²) in [6.45, 7) is 6.40. The maximum atomic E-state index is 13.0. The summed E-state index contributed by atoms with van der Waals surface area (Å²) in [6, 6.07) is 14.5. The van der Waals surface area contributed by atoms with Crippen LogP contribution in [-0.4, -0.2) is 34.7 Å². The number of carbonyl (C=O) groups excluding carboxylic acids is 1. The lowest BCUT2D eigenvalue weighted by Gasteiger charge is -2.24. The molecule has 0 aliphatic carbocycles. The van der Waals surface area contributed by atoms with Crippen molar-refractivity contribution in [2.45, 2.75) is 26.2 Å². The molecular formula is C20H26N2O3S. The monoisotopic (exact) mass is 374 g/mol. The fourth-order valence-electron chi connectivity index (χ4n) is 2.59. The minimum Gasteiger partial charge on any atom is -0.311 e. The molecular weight excluding hydrogens is 348 g/mol. The molecule has 0 fully saturated rings. The van der Waals surface area contributed by atoms with Gasteiger partial charge in [-0.15, -0.1) is 0 Å². The van der Waals surface area contributed by atoms with E-state index in [0.717, 1.165) is 16.2 Å². The van der Waals surface area contributed by atoms with Crippen molar-refractivity contribution < 1.29 is 13.2 Å². The minimum absolute atomic E-state index is 0.0336. The number of rotatable bonds is 4. The maximum Gasteiger partial charge on any atom is 0.260 e. The zero-order valence-electron chi connectivity index (χ0n) is 16.1. The van der Waals surface area contributed by atoms with Gasteiger partial charge in [0.25, 0.3) is 5.91 Å². The molecule has 0 saturated heterocycles. The van der Waals surface area contributed by atoms with Crippen LogP contribution in [0.3, 0.4) is 0 Å². The molecule has 0 atom stereocenters. The van der Waals surface area contributed by atoms with E-state index in [1.807, 2.05) is 24.3 Å². The van der Waals surface area contributed by atoms with Gasteiger partial charge in [0.15, 0.2) is 0 Å². The molecule has 2 aromatic rings. The lowest BCUT2D eigenvalue weighted by Crippen LogP contribution is -2.31. The smallest absolute Gasteiger partial charge is 0.260 e. The van der Waals surface area contributed by atoms with Crippen molar-refractivity contribution in [1.82, 2.24) is 0 Å². The molecule has 0 aromatic heterocycles. The van der Waals surface area contributed by atoms with E-state index >= 15 is 0 Å². The molecule has 140 valence electrons. The number of carbonyl (C=O) groups is 1. The third kappa shape index (κ3) is 4.25. The van der Waals surface area contributed by atoms with Gasteiger partial charge < -0.3 is 4.90 Å². The van der Waals surface area contributed by atoms with Crippen LogP contribution >= 0.6 is 0 Å². The van der Waals surface area contributed by atoms with Crippen LogP contribution in [0.4, 0.5) is 11.4 Å². The van der Waals surface area contributed by atoms with E-state index < -0.39 is 10.0 Å². The predicted octanol–water partition coefficient (Wildman–Crippen LogP) is 3.66.